The van der Waals surface area contributed by atoms with E-state index in [9.17, 15) is 4.79 Å². The van der Waals surface area contributed by atoms with E-state index in [0.29, 0.717) is 26.1 Å². The zero-order chi connectivity index (χ0) is 20.6. The maximum atomic E-state index is 11.8. The van der Waals surface area contributed by atoms with Crippen molar-refractivity contribution in [3.05, 3.63) is 35.4 Å². The van der Waals surface area contributed by atoms with Crippen molar-refractivity contribution in [3.63, 3.8) is 0 Å². The van der Waals surface area contributed by atoms with Gasteiger partial charge in [-0.2, -0.15) is 0 Å². The van der Waals surface area contributed by atoms with Crippen molar-refractivity contribution >= 4 is 11.9 Å². The molecular weight excluding hydrogens is 352 g/mol. The quantitative estimate of drug-likeness (QED) is 0.531. The number of hydrogen-bond donors (Lipinski definition) is 2. The summed E-state index contributed by atoms with van der Waals surface area (Å²) in [6.45, 7) is 12.2. The van der Waals surface area contributed by atoms with Crippen LogP contribution in [0.15, 0.2) is 29.3 Å². The maximum Gasteiger partial charge on any atom is 0.222 e. The molecule has 1 unspecified atom stereocenters. The monoisotopic (exact) mass is 388 g/mol. The van der Waals surface area contributed by atoms with Gasteiger partial charge in [-0.3, -0.25) is 4.79 Å². The lowest BCUT2D eigenvalue weighted by Crippen LogP contribution is -2.45. The van der Waals surface area contributed by atoms with Crippen molar-refractivity contribution in [1.82, 2.24) is 15.5 Å². The van der Waals surface area contributed by atoms with E-state index >= 15 is 0 Å². The van der Waals surface area contributed by atoms with Gasteiger partial charge in [0, 0.05) is 39.7 Å². The molecular formula is C22H36N4O2. The summed E-state index contributed by atoms with van der Waals surface area (Å²) in [6.07, 6.45) is 1.74. The van der Waals surface area contributed by atoms with Crippen LogP contribution in [-0.4, -0.2) is 49.6 Å². The molecule has 2 rings (SSSR count). The molecule has 0 aromatic heterocycles. The number of carbonyl (C=O) groups excluding carboxylic acids is 1. The van der Waals surface area contributed by atoms with Gasteiger partial charge in [-0.15, -0.1) is 0 Å². The van der Waals surface area contributed by atoms with Crippen LogP contribution in [0, 0.1) is 5.41 Å². The normalized spacial score (nSPS) is 16.4. The summed E-state index contributed by atoms with van der Waals surface area (Å²) in [6, 6.07) is 8.34. The number of nitrogens with one attached hydrogen (secondary N) is 2. The average Bonchev–Trinajstić information content (AvgIpc) is 3.04. The topological polar surface area (TPSA) is 66.0 Å². The van der Waals surface area contributed by atoms with Gasteiger partial charge in [-0.1, -0.05) is 45.0 Å². The molecule has 0 spiro atoms. The van der Waals surface area contributed by atoms with Crippen molar-refractivity contribution in [2.75, 3.05) is 26.7 Å². The zero-order valence-electron chi connectivity index (χ0n) is 18.0. The van der Waals surface area contributed by atoms with Gasteiger partial charge in [0.05, 0.1) is 12.6 Å². The van der Waals surface area contributed by atoms with Gasteiger partial charge in [0.15, 0.2) is 5.96 Å². The Labute approximate surface area is 169 Å². The predicted molar refractivity (Wildman–Crippen MR) is 114 cm³/mol. The molecule has 0 bridgehead atoms. The molecule has 1 aliphatic rings. The van der Waals surface area contributed by atoms with Crippen LogP contribution in [0.25, 0.3) is 0 Å². The van der Waals surface area contributed by atoms with Crippen molar-refractivity contribution in [3.8, 4) is 0 Å². The zero-order valence-corrected chi connectivity index (χ0v) is 18.0. The molecule has 0 saturated carbocycles. The molecule has 1 heterocycles. The van der Waals surface area contributed by atoms with Gasteiger partial charge in [0.2, 0.25) is 5.91 Å². The van der Waals surface area contributed by atoms with E-state index in [1.54, 1.807) is 7.11 Å². The number of hydrogen-bond acceptors (Lipinski definition) is 3. The highest BCUT2D eigenvalue weighted by Crippen LogP contribution is 2.21. The summed E-state index contributed by atoms with van der Waals surface area (Å²) < 4.78 is 5.62. The number of ether oxygens (including phenoxy) is 1. The number of benzene rings is 1. The lowest BCUT2D eigenvalue weighted by Gasteiger charge is -2.30. The highest BCUT2D eigenvalue weighted by Gasteiger charge is 2.24. The number of guanidine groups is 1. The standard InChI is InChI=1S/C22H36N4O2/c1-6-23-21(25-15-19(28-5)22(2,3)4)24-14-17-9-7-10-18(13-17)16-26-12-8-11-20(26)27/h7,9-10,13,19H,6,8,11-12,14-16H2,1-5H3,(H2,23,24,25). The largest absolute Gasteiger partial charge is 0.379 e. The minimum absolute atomic E-state index is 0.0560. The second-order valence-electron chi connectivity index (χ2n) is 8.41. The van der Waals surface area contributed by atoms with Crippen molar-refractivity contribution in [2.45, 2.75) is 59.7 Å². The first kappa shape index (κ1) is 22.2. The Hall–Kier alpha value is -2.08. The van der Waals surface area contributed by atoms with Crippen LogP contribution in [0.4, 0.5) is 0 Å². The van der Waals surface area contributed by atoms with E-state index in [2.05, 4.69) is 56.5 Å². The average molecular weight is 389 g/mol. The molecule has 1 saturated heterocycles. The Morgan fingerprint density at radius 3 is 2.64 bits per heavy atom. The second kappa shape index (κ2) is 10.5. The van der Waals surface area contributed by atoms with Crippen LogP contribution in [0.3, 0.4) is 0 Å². The molecule has 0 radical (unpaired) electrons. The summed E-state index contributed by atoms with van der Waals surface area (Å²) in [4.78, 5) is 18.5. The van der Waals surface area contributed by atoms with Gasteiger partial charge in [-0.25, -0.2) is 4.99 Å². The Balaban J connectivity index is 1.98. The van der Waals surface area contributed by atoms with Gasteiger partial charge in [0.25, 0.3) is 0 Å². The molecule has 1 fully saturated rings. The highest BCUT2D eigenvalue weighted by molar-refractivity contribution is 5.79. The molecule has 1 atom stereocenters. The summed E-state index contributed by atoms with van der Waals surface area (Å²) in [5, 5.41) is 6.68. The first-order chi connectivity index (χ1) is 13.3. The van der Waals surface area contributed by atoms with Crippen molar-refractivity contribution in [1.29, 1.82) is 0 Å². The third kappa shape index (κ3) is 6.82. The fourth-order valence-electron chi connectivity index (χ4n) is 3.36. The van der Waals surface area contributed by atoms with Gasteiger partial charge >= 0.3 is 0 Å². The molecule has 2 N–H and O–H groups in total. The van der Waals surface area contributed by atoms with Crippen LogP contribution < -0.4 is 10.6 Å². The molecule has 156 valence electrons. The number of rotatable bonds is 8. The Kier molecular flexibility index (Phi) is 8.30. The number of carbonyl (C=O) groups is 1. The van der Waals surface area contributed by atoms with Crippen LogP contribution in [0.5, 0.6) is 0 Å². The SMILES string of the molecule is CCNC(=NCc1cccc(CN2CCCC2=O)c1)NCC(OC)C(C)(C)C. The van der Waals surface area contributed by atoms with Crippen molar-refractivity contribution in [2.24, 2.45) is 10.4 Å². The number of methoxy groups -OCH3 is 1. The fraction of sp³-hybridized carbons (Fsp3) is 0.636. The second-order valence-corrected chi connectivity index (χ2v) is 8.41. The molecule has 6 nitrogen and oxygen atoms in total. The van der Waals surface area contributed by atoms with E-state index < -0.39 is 0 Å². The fourth-order valence-corrected chi connectivity index (χ4v) is 3.36. The first-order valence-electron chi connectivity index (χ1n) is 10.2. The van der Waals surface area contributed by atoms with Crippen molar-refractivity contribution < 1.29 is 9.53 Å². The van der Waals surface area contributed by atoms with E-state index in [1.807, 2.05) is 11.0 Å². The number of nitrogens with zero attached hydrogens (tertiary/aromatic N) is 2. The third-order valence-electron chi connectivity index (χ3n) is 5.01. The summed E-state index contributed by atoms with van der Waals surface area (Å²) >= 11 is 0. The van der Waals surface area contributed by atoms with Crippen LogP contribution >= 0.6 is 0 Å². The summed E-state index contributed by atoms with van der Waals surface area (Å²) in [5.41, 5.74) is 2.36. The lowest BCUT2D eigenvalue weighted by molar-refractivity contribution is -0.128. The molecule has 28 heavy (non-hydrogen) atoms. The number of aliphatic imine (C=N–C) groups is 1. The molecule has 6 heteroatoms. The Bertz CT molecular complexity index is 667. The summed E-state index contributed by atoms with van der Waals surface area (Å²) in [7, 11) is 1.75. The third-order valence-corrected chi connectivity index (χ3v) is 5.01. The van der Waals surface area contributed by atoms with Crippen LogP contribution in [-0.2, 0) is 22.6 Å². The minimum Gasteiger partial charge on any atom is -0.379 e. The van der Waals surface area contributed by atoms with Crippen LogP contribution in [0.1, 0.15) is 51.7 Å². The molecule has 0 aliphatic carbocycles. The van der Waals surface area contributed by atoms with E-state index in [1.165, 1.54) is 0 Å². The maximum absolute atomic E-state index is 11.8. The minimum atomic E-state index is 0.0560. The molecule has 1 amide bonds. The molecule has 1 aliphatic heterocycles. The Morgan fingerprint density at radius 2 is 2.04 bits per heavy atom. The van der Waals surface area contributed by atoms with Gasteiger partial charge < -0.3 is 20.3 Å². The van der Waals surface area contributed by atoms with Gasteiger partial charge in [0.1, 0.15) is 0 Å². The Morgan fingerprint density at radius 1 is 1.29 bits per heavy atom. The number of amides is 1. The van der Waals surface area contributed by atoms with Crippen LogP contribution in [0.2, 0.25) is 0 Å². The van der Waals surface area contributed by atoms with Gasteiger partial charge in [-0.05, 0) is 29.9 Å². The van der Waals surface area contributed by atoms with E-state index in [0.717, 1.165) is 36.6 Å². The lowest BCUT2D eigenvalue weighted by atomic mass is 9.89. The number of likely N-dealkylation sites (tertiary alicyclic amines) is 1. The smallest absolute Gasteiger partial charge is 0.222 e. The highest BCUT2D eigenvalue weighted by atomic mass is 16.5. The predicted octanol–water partition coefficient (Wildman–Crippen LogP) is 2.93. The molecule has 1 aromatic rings. The van der Waals surface area contributed by atoms with E-state index in [4.69, 9.17) is 9.73 Å². The first-order valence-corrected chi connectivity index (χ1v) is 10.2. The van der Waals surface area contributed by atoms with E-state index in [-0.39, 0.29) is 17.4 Å². The molecule has 1 aromatic carbocycles. The summed E-state index contributed by atoms with van der Waals surface area (Å²) in [5.74, 6) is 1.04.